The molecule has 9 heteroatoms. The molecule has 0 aliphatic carbocycles. The second-order valence-corrected chi connectivity index (χ2v) is 6.25. The Balaban J connectivity index is 1.62. The lowest BCUT2D eigenvalue weighted by atomic mass is 10.2. The molecule has 2 heterocycles. The summed E-state index contributed by atoms with van der Waals surface area (Å²) in [6.45, 7) is 2.63. The molecule has 134 valence electrons. The number of hydrogen-bond acceptors (Lipinski definition) is 6. The molecule has 8 nitrogen and oxygen atoms in total. The van der Waals surface area contributed by atoms with Crippen LogP contribution in [0.15, 0.2) is 52.2 Å². The number of rotatable bonds is 7. The van der Waals surface area contributed by atoms with Gasteiger partial charge < -0.3 is 15.5 Å². The van der Waals surface area contributed by atoms with Gasteiger partial charge in [0.25, 0.3) is 0 Å². The molecular formula is C17H17N5O3S. The summed E-state index contributed by atoms with van der Waals surface area (Å²) >= 11 is 1.29. The third kappa shape index (κ3) is 3.94. The Kier molecular flexibility index (Phi) is 5.37. The van der Waals surface area contributed by atoms with E-state index in [1.165, 1.54) is 11.8 Å². The highest BCUT2D eigenvalue weighted by Crippen LogP contribution is 2.24. The number of nitrogens with zero attached hydrogens (tertiary/aromatic N) is 3. The van der Waals surface area contributed by atoms with Crippen LogP contribution >= 0.6 is 11.8 Å². The van der Waals surface area contributed by atoms with Crippen molar-refractivity contribution in [1.82, 2.24) is 14.8 Å². The molecule has 0 bridgehead atoms. The van der Waals surface area contributed by atoms with Gasteiger partial charge in [-0.15, -0.1) is 10.2 Å². The van der Waals surface area contributed by atoms with Gasteiger partial charge in [-0.25, -0.2) is 0 Å². The summed E-state index contributed by atoms with van der Waals surface area (Å²) in [5, 5.41) is 11.7. The van der Waals surface area contributed by atoms with Crippen molar-refractivity contribution in [3.8, 4) is 11.6 Å². The topological polar surface area (TPSA) is 116 Å². The van der Waals surface area contributed by atoms with E-state index in [1.54, 1.807) is 36.6 Å². The highest BCUT2D eigenvalue weighted by molar-refractivity contribution is 7.99. The molecule has 3 aromatic rings. The van der Waals surface area contributed by atoms with Gasteiger partial charge in [0.2, 0.25) is 11.8 Å². The van der Waals surface area contributed by atoms with Crippen LogP contribution in [-0.2, 0) is 11.3 Å². The number of carbonyl (C=O) groups excluding carboxylic acids is 2. The minimum atomic E-state index is -0.510. The second-order valence-electron chi connectivity index (χ2n) is 5.31. The van der Waals surface area contributed by atoms with Gasteiger partial charge in [0, 0.05) is 17.8 Å². The largest absolute Gasteiger partial charge is 0.461 e. The van der Waals surface area contributed by atoms with Crippen LogP contribution in [0.1, 0.15) is 17.3 Å². The predicted octanol–water partition coefficient (Wildman–Crippen LogP) is 2.39. The van der Waals surface area contributed by atoms with Crippen molar-refractivity contribution in [2.75, 3.05) is 11.1 Å². The van der Waals surface area contributed by atoms with E-state index in [9.17, 15) is 9.59 Å². The average molecular weight is 371 g/mol. The van der Waals surface area contributed by atoms with Crippen molar-refractivity contribution in [1.29, 1.82) is 0 Å². The van der Waals surface area contributed by atoms with Gasteiger partial charge in [0.05, 0.1) is 12.0 Å². The smallest absolute Gasteiger partial charge is 0.248 e. The lowest BCUT2D eigenvalue weighted by molar-refractivity contribution is -0.113. The van der Waals surface area contributed by atoms with Gasteiger partial charge in [0.1, 0.15) is 0 Å². The lowest BCUT2D eigenvalue weighted by Gasteiger charge is -2.07. The maximum atomic E-state index is 12.1. The highest BCUT2D eigenvalue weighted by atomic mass is 32.2. The van der Waals surface area contributed by atoms with Crippen LogP contribution in [0.4, 0.5) is 5.69 Å². The van der Waals surface area contributed by atoms with Crippen molar-refractivity contribution in [3.63, 3.8) is 0 Å². The fraction of sp³-hybridized carbons (Fsp3) is 0.176. The van der Waals surface area contributed by atoms with E-state index in [-0.39, 0.29) is 11.7 Å². The number of nitrogens with one attached hydrogen (secondary N) is 1. The van der Waals surface area contributed by atoms with Gasteiger partial charge in [0.15, 0.2) is 16.7 Å². The Morgan fingerprint density at radius 1 is 1.23 bits per heavy atom. The normalized spacial score (nSPS) is 10.7. The van der Waals surface area contributed by atoms with Crippen molar-refractivity contribution >= 4 is 29.3 Å². The maximum absolute atomic E-state index is 12.1. The van der Waals surface area contributed by atoms with Gasteiger partial charge >= 0.3 is 0 Å². The number of primary amides is 1. The van der Waals surface area contributed by atoms with Crippen LogP contribution in [0.5, 0.6) is 0 Å². The van der Waals surface area contributed by atoms with E-state index >= 15 is 0 Å². The number of thioether (sulfide) groups is 1. The first-order chi connectivity index (χ1) is 12.6. The summed E-state index contributed by atoms with van der Waals surface area (Å²) in [7, 11) is 0. The predicted molar refractivity (Wildman–Crippen MR) is 97.7 cm³/mol. The Morgan fingerprint density at radius 3 is 2.62 bits per heavy atom. The molecule has 1 aromatic carbocycles. The number of anilines is 1. The van der Waals surface area contributed by atoms with Crippen molar-refractivity contribution < 1.29 is 14.0 Å². The van der Waals surface area contributed by atoms with Crippen LogP contribution < -0.4 is 11.1 Å². The number of benzene rings is 1. The third-order valence-corrected chi connectivity index (χ3v) is 4.53. The van der Waals surface area contributed by atoms with E-state index in [4.69, 9.17) is 10.2 Å². The molecule has 0 saturated heterocycles. The van der Waals surface area contributed by atoms with Crippen LogP contribution in [0.2, 0.25) is 0 Å². The van der Waals surface area contributed by atoms with Crippen LogP contribution in [0, 0.1) is 0 Å². The molecule has 0 atom stereocenters. The van der Waals surface area contributed by atoms with Gasteiger partial charge in [-0.1, -0.05) is 11.8 Å². The van der Waals surface area contributed by atoms with E-state index in [2.05, 4.69) is 15.5 Å². The van der Waals surface area contributed by atoms with Crippen LogP contribution in [-0.4, -0.2) is 32.3 Å². The molecule has 0 aliphatic rings. The molecule has 0 unspecified atom stereocenters. The van der Waals surface area contributed by atoms with E-state index in [0.717, 1.165) is 0 Å². The molecule has 0 spiro atoms. The number of furan rings is 1. The van der Waals surface area contributed by atoms with Crippen LogP contribution in [0.3, 0.4) is 0 Å². The number of aromatic nitrogens is 3. The Labute approximate surface area is 153 Å². The second kappa shape index (κ2) is 7.87. The van der Waals surface area contributed by atoms with E-state index in [1.807, 2.05) is 17.6 Å². The minimum Gasteiger partial charge on any atom is -0.461 e. The number of hydrogen-bond donors (Lipinski definition) is 2. The molecule has 26 heavy (non-hydrogen) atoms. The van der Waals surface area contributed by atoms with Gasteiger partial charge in [-0.2, -0.15) is 0 Å². The monoisotopic (exact) mass is 371 g/mol. The zero-order valence-corrected chi connectivity index (χ0v) is 14.8. The molecule has 0 fully saturated rings. The van der Waals surface area contributed by atoms with Crippen molar-refractivity contribution in [2.24, 2.45) is 5.73 Å². The Hall–Kier alpha value is -3.07. The number of carbonyl (C=O) groups is 2. The van der Waals surface area contributed by atoms with E-state index < -0.39 is 5.91 Å². The first-order valence-corrected chi connectivity index (χ1v) is 8.86. The number of amides is 2. The summed E-state index contributed by atoms with van der Waals surface area (Å²) in [6.07, 6.45) is 1.58. The van der Waals surface area contributed by atoms with Crippen LogP contribution in [0.25, 0.3) is 11.6 Å². The first kappa shape index (κ1) is 17.7. The van der Waals surface area contributed by atoms with E-state index in [0.29, 0.717) is 34.5 Å². The molecular weight excluding hydrogens is 354 g/mol. The van der Waals surface area contributed by atoms with Crippen molar-refractivity contribution in [3.05, 3.63) is 48.2 Å². The maximum Gasteiger partial charge on any atom is 0.248 e. The first-order valence-electron chi connectivity index (χ1n) is 7.88. The quantitative estimate of drug-likeness (QED) is 0.616. The molecule has 0 radical (unpaired) electrons. The summed E-state index contributed by atoms with van der Waals surface area (Å²) in [5.74, 6) is 0.734. The summed E-state index contributed by atoms with van der Waals surface area (Å²) in [5.41, 5.74) is 6.17. The highest BCUT2D eigenvalue weighted by Gasteiger charge is 2.16. The SMILES string of the molecule is CCn1c(SCC(=O)Nc2ccc(C(N)=O)cc2)nnc1-c1ccco1. The molecule has 3 N–H and O–H groups in total. The molecule has 2 amide bonds. The average Bonchev–Trinajstić information content (AvgIpc) is 3.29. The summed E-state index contributed by atoms with van der Waals surface area (Å²) < 4.78 is 7.25. The van der Waals surface area contributed by atoms with Gasteiger partial charge in [-0.05, 0) is 43.3 Å². The number of nitrogens with two attached hydrogens (primary N) is 1. The Morgan fingerprint density at radius 2 is 2.00 bits per heavy atom. The molecule has 0 aliphatic heterocycles. The Bertz CT molecular complexity index is 903. The minimum absolute atomic E-state index is 0.174. The zero-order valence-electron chi connectivity index (χ0n) is 14.0. The fourth-order valence-corrected chi connectivity index (χ4v) is 3.12. The summed E-state index contributed by atoms with van der Waals surface area (Å²) in [6, 6.07) is 9.99. The zero-order chi connectivity index (χ0) is 18.5. The van der Waals surface area contributed by atoms with Crippen molar-refractivity contribution in [2.45, 2.75) is 18.6 Å². The molecule has 3 rings (SSSR count). The fourth-order valence-electron chi connectivity index (χ4n) is 2.31. The lowest BCUT2D eigenvalue weighted by Crippen LogP contribution is -2.15. The molecule has 2 aromatic heterocycles. The summed E-state index contributed by atoms with van der Waals surface area (Å²) in [4.78, 5) is 23.2. The molecule has 0 saturated carbocycles. The van der Waals surface area contributed by atoms with Gasteiger partial charge in [-0.3, -0.25) is 14.2 Å². The standard InChI is InChI=1S/C17H17N5O3S/c1-2-22-16(13-4-3-9-25-13)20-21-17(22)26-10-14(23)19-12-7-5-11(6-8-12)15(18)24/h3-9H,2,10H2,1H3,(H2,18,24)(H,19,23). The third-order valence-electron chi connectivity index (χ3n) is 3.56.